The van der Waals surface area contributed by atoms with Gasteiger partial charge in [-0.3, -0.25) is 23.9 Å². The van der Waals surface area contributed by atoms with Gasteiger partial charge in [0.05, 0.1) is 12.2 Å². The summed E-state index contributed by atoms with van der Waals surface area (Å²) >= 11 is 0. The Labute approximate surface area is 184 Å². The number of aryl methyl sites for hydroxylation is 1. The van der Waals surface area contributed by atoms with E-state index < -0.39 is 0 Å². The number of piperidine rings is 1. The van der Waals surface area contributed by atoms with Gasteiger partial charge in [-0.1, -0.05) is 6.42 Å². The highest BCUT2D eigenvalue weighted by Gasteiger charge is 2.27. The lowest BCUT2D eigenvalue weighted by Gasteiger charge is -2.33. The lowest BCUT2D eigenvalue weighted by atomic mass is 9.93. The molecule has 1 aromatic rings. The molecule has 0 aliphatic carbocycles. The Morgan fingerprint density at radius 2 is 1.68 bits per heavy atom. The first-order valence-corrected chi connectivity index (χ1v) is 11.9. The van der Waals surface area contributed by atoms with Crippen molar-refractivity contribution in [1.29, 1.82) is 0 Å². The fraction of sp³-hybridized carbons (Fsp3) is 0.739. The van der Waals surface area contributed by atoms with Gasteiger partial charge in [-0.2, -0.15) is 0 Å². The van der Waals surface area contributed by atoms with Gasteiger partial charge >= 0.3 is 0 Å². The maximum atomic E-state index is 12.8. The van der Waals surface area contributed by atoms with Gasteiger partial charge in [0.15, 0.2) is 0 Å². The number of nitrogens with zero attached hydrogens (tertiary/aromatic N) is 5. The van der Waals surface area contributed by atoms with E-state index in [2.05, 4.69) is 4.90 Å². The number of hydrogen-bond acceptors (Lipinski definition) is 5. The van der Waals surface area contributed by atoms with Crippen LogP contribution in [0.25, 0.3) is 0 Å². The molecule has 8 nitrogen and oxygen atoms in total. The van der Waals surface area contributed by atoms with Crippen LogP contribution in [-0.4, -0.2) is 81.9 Å². The van der Waals surface area contributed by atoms with Crippen LogP contribution in [0.3, 0.4) is 0 Å². The largest absolute Gasteiger partial charge is 0.341 e. The molecule has 2 fully saturated rings. The Morgan fingerprint density at radius 3 is 2.45 bits per heavy atom. The molecule has 2 saturated heterocycles. The van der Waals surface area contributed by atoms with Crippen molar-refractivity contribution in [3.8, 4) is 0 Å². The van der Waals surface area contributed by atoms with E-state index in [0.717, 1.165) is 89.2 Å². The second-order valence-corrected chi connectivity index (χ2v) is 9.19. The molecule has 0 unspecified atom stereocenters. The van der Waals surface area contributed by atoms with Crippen molar-refractivity contribution < 1.29 is 9.59 Å². The first-order chi connectivity index (χ1) is 15.0. The van der Waals surface area contributed by atoms with Crippen LogP contribution in [0.15, 0.2) is 10.9 Å². The van der Waals surface area contributed by atoms with Crippen LogP contribution in [-0.2, 0) is 22.6 Å². The van der Waals surface area contributed by atoms with Crippen LogP contribution in [0.1, 0.15) is 62.9 Å². The van der Waals surface area contributed by atoms with Gasteiger partial charge in [0.2, 0.25) is 11.8 Å². The van der Waals surface area contributed by atoms with E-state index >= 15 is 0 Å². The molecule has 4 rings (SSSR count). The Balaban J connectivity index is 1.30. The monoisotopic (exact) mass is 429 g/mol. The molecular formula is C23H35N5O3. The normalized spacial score (nSPS) is 21.3. The number of likely N-dealkylation sites (tertiary alicyclic amines) is 1. The number of rotatable bonds is 3. The highest BCUT2D eigenvalue weighted by atomic mass is 16.2. The Morgan fingerprint density at radius 1 is 0.935 bits per heavy atom. The molecule has 0 aromatic carbocycles. The van der Waals surface area contributed by atoms with Crippen molar-refractivity contribution in [2.45, 2.75) is 64.3 Å². The number of carbonyl (C=O) groups is 2. The van der Waals surface area contributed by atoms with E-state index in [1.165, 1.54) is 0 Å². The summed E-state index contributed by atoms with van der Waals surface area (Å²) in [6.45, 7) is 7.24. The van der Waals surface area contributed by atoms with Crippen LogP contribution in [0.5, 0.6) is 0 Å². The number of hydrogen-bond donors (Lipinski definition) is 0. The van der Waals surface area contributed by atoms with Crippen LogP contribution >= 0.6 is 0 Å². The van der Waals surface area contributed by atoms with Gasteiger partial charge in [-0.05, 0) is 45.2 Å². The summed E-state index contributed by atoms with van der Waals surface area (Å²) in [7, 11) is 0. The first kappa shape index (κ1) is 22.0. The van der Waals surface area contributed by atoms with Gasteiger partial charge in [-0.25, -0.2) is 4.98 Å². The van der Waals surface area contributed by atoms with E-state index in [1.54, 1.807) is 13.0 Å². The molecule has 0 bridgehead atoms. The molecule has 0 atom stereocenters. The Bertz CT molecular complexity index is 859. The average molecular weight is 430 g/mol. The molecule has 0 saturated carbocycles. The number of fused-ring (bicyclic) bond motifs is 1. The minimum atomic E-state index is 0.0856. The Hall–Kier alpha value is -2.22. The maximum absolute atomic E-state index is 12.8. The minimum absolute atomic E-state index is 0.0856. The maximum Gasteiger partial charge on any atom is 0.253 e. The van der Waals surface area contributed by atoms with Crippen molar-refractivity contribution in [3.63, 3.8) is 0 Å². The fourth-order valence-corrected chi connectivity index (χ4v) is 5.10. The van der Waals surface area contributed by atoms with Gasteiger partial charge in [0, 0.05) is 58.1 Å². The Kier molecular flexibility index (Phi) is 7.05. The van der Waals surface area contributed by atoms with Gasteiger partial charge in [0.25, 0.3) is 5.56 Å². The quantitative estimate of drug-likeness (QED) is 0.722. The lowest BCUT2D eigenvalue weighted by Crippen LogP contribution is -2.44. The van der Waals surface area contributed by atoms with Crippen LogP contribution < -0.4 is 5.56 Å². The molecule has 170 valence electrons. The molecule has 3 aliphatic heterocycles. The molecule has 3 aliphatic rings. The van der Waals surface area contributed by atoms with E-state index in [9.17, 15) is 14.4 Å². The average Bonchev–Trinajstić information content (AvgIpc) is 3.15. The van der Waals surface area contributed by atoms with E-state index in [-0.39, 0.29) is 17.4 Å². The van der Waals surface area contributed by atoms with Crippen molar-refractivity contribution >= 4 is 11.8 Å². The van der Waals surface area contributed by atoms with Gasteiger partial charge in [-0.15, -0.1) is 0 Å². The fourth-order valence-electron chi connectivity index (χ4n) is 5.10. The molecular weight excluding hydrogens is 394 g/mol. The van der Waals surface area contributed by atoms with E-state index in [1.807, 2.05) is 14.4 Å². The predicted octanol–water partition coefficient (Wildman–Crippen LogP) is 1.23. The molecule has 2 amide bonds. The zero-order chi connectivity index (χ0) is 21.8. The molecule has 0 spiro atoms. The lowest BCUT2D eigenvalue weighted by molar-refractivity contribution is -0.133. The summed E-state index contributed by atoms with van der Waals surface area (Å²) in [4.78, 5) is 47.8. The first-order valence-electron chi connectivity index (χ1n) is 11.9. The van der Waals surface area contributed by atoms with Crippen LogP contribution in [0, 0.1) is 0 Å². The summed E-state index contributed by atoms with van der Waals surface area (Å²) in [6.07, 6.45) is 6.93. The molecule has 0 radical (unpaired) electrons. The van der Waals surface area contributed by atoms with E-state index in [4.69, 9.17) is 4.98 Å². The molecule has 1 aromatic heterocycles. The standard InChI is InChI=1S/C23H35N5O3/c1-18(29)26-9-5-10-27(15-14-26)23(31)17-25-12-7-19(8-13-25)20-16-22(30)28-11-4-2-3-6-21(28)24-20/h16,19H,2-15,17H2,1H3. The minimum Gasteiger partial charge on any atom is -0.341 e. The zero-order valence-corrected chi connectivity index (χ0v) is 18.7. The number of carbonyl (C=O) groups excluding carboxylic acids is 2. The summed E-state index contributed by atoms with van der Waals surface area (Å²) in [5.74, 6) is 1.50. The highest BCUT2D eigenvalue weighted by Crippen LogP contribution is 2.27. The summed E-state index contributed by atoms with van der Waals surface area (Å²) < 4.78 is 1.86. The second-order valence-electron chi connectivity index (χ2n) is 9.19. The second kappa shape index (κ2) is 9.94. The predicted molar refractivity (Wildman–Crippen MR) is 118 cm³/mol. The number of aromatic nitrogens is 2. The van der Waals surface area contributed by atoms with Gasteiger partial charge < -0.3 is 9.80 Å². The third-order valence-corrected chi connectivity index (χ3v) is 7.05. The number of amides is 2. The topological polar surface area (TPSA) is 78.8 Å². The van der Waals surface area contributed by atoms with Crippen molar-refractivity contribution in [2.24, 2.45) is 0 Å². The molecule has 31 heavy (non-hydrogen) atoms. The van der Waals surface area contributed by atoms with E-state index in [0.29, 0.717) is 25.6 Å². The summed E-state index contributed by atoms with van der Waals surface area (Å²) in [5, 5.41) is 0. The summed E-state index contributed by atoms with van der Waals surface area (Å²) in [5.41, 5.74) is 1.04. The van der Waals surface area contributed by atoms with Crippen molar-refractivity contribution in [2.75, 3.05) is 45.8 Å². The van der Waals surface area contributed by atoms with Gasteiger partial charge in [0.1, 0.15) is 5.82 Å². The summed E-state index contributed by atoms with van der Waals surface area (Å²) in [6, 6.07) is 1.75. The SMILES string of the molecule is CC(=O)N1CCCN(C(=O)CN2CCC(c3cc(=O)n4c(n3)CCCCC4)CC2)CC1. The molecule has 4 heterocycles. The third kappa shape index (κ3) is 5.34. The highest BCUT2D eigenvalue weighted by molar-refractivity contribution is 5.78. The smallest absolute Gasteiger partial charge is 0.253 e. The van der Waals surface area contributed by atoms with Crippen molar-refractivity contribution in [1.82, 2.24) is 24.3 Å². The molecule has 8 heteroatoms. The van der Waals surface area contributed by atoms with Crippen LogP contribution in [0.4, 0.5) is 0 Å². The third-order valence-electron chi connectivity index (χ3n) is 7.05. The zero-order valence-electron chi connectivity index (χ0n) is 18.7. The van der Waals surface area contributed by atoms with Crippen LogP contribution in [0.2, 0.25) is 0 Å². The molecule has 0 N–H and O–H groups in total. The van der Waals surface area contributed by atoms with Crippen molar-refractivity contribution in [3.05, 3.63) is 27.9 Å².